The predicted molar refractivity (Wildman–Crippen MR) is 171 cm³/mol. The van der Waals surface area contributed by atoms with Crippen LogP contribution in [0.4, 0.5) is 5.69 Å². The van der Waals surface area contributed by atoms with Crippen LogP contribution in [0, 0.1) is 13.8 Å². The van der Waals surface area contributed by atoms with Gasteiger partial charge in [0.2, 0.25) is 5.91 Å². The number of pyridine rings is 1. The first-order valence-corrected chi connectivity index (χ1v) is 17.4. The number of oxazole rings is 1. The van der Waals surface area contributed by atoms with E-state index < -0.39 is 0 Å². The number of carbonyl (C=O) groups excluding carboxylic acids is 1. The van der Waals surface area contributed by atoms with Gasteiger partial charge in [0, 0.05) is 33.3 Å². The minimum Gasteiger partial charge on any atom is -0.431 e. The summed E-state index contributed by atoms with van der Waals surface area (Å²) in [7, 11) is 0. The van der Waals surface area contributed by atoms with Gasteiger partial charge in [0.05, 0.1) is 5.69 Å². The number of benzene rings is 1. The fourth-order valence-corrected chi connectivity index (χ4v) is 7.10. The van der Waals surface area contributed by atoms with E-state index in [1.807, 2.05) is 19.9 Å². The molecule has 0 aliphatic heterocycles. The first kappa shape index (κ1) is 32.2. The summed E-state index contributed by atoms with van der Waals surface area (Å²) in [4.78, 5) is 23.2. The molecule has 214 valence electrons. The van der Waals surface area contributed by atoms with Gasteiger partial charge in [-0.05, 0) is 61.8 Å². The zero-order chi connectivity index (χ0) is 28.4. The Morgan fingerprint density at radius 3 is 2.36 bits per heavy atom. The molecule has 1 amide bonds. The Morgan fingerprint density at radius 1 is 0.974 bits per heavy atom. The second kappa shape index (κ2) is 16.2. The van der Waals surface area contributed by atoms with E-state index in [4.69, 9.17) is 21.0 Å². The van der Waals surface area contributed by atoms with Crippen LogP contribution in [0.15, 0.2) is 31.7 Å². The lowest BCUT2D eigenvalue weighted by molar-refractivity contribution is -0.116. The van der Waals surface area contributed by atoms with Gasteiger partial charge in [-0.1, -0.05) is 76.7 Å². The lowest BCUT2D eigenvalue weighted by Gasteiger charge is -2.15. The summed E-state index contributed by atoms with van der Waals surface area (Å²) in [5, 5.41) is 5.58. The van der Waals surface area contributed by atoms with Crippen molar-refractivity contribution in [1.29, 1.82) is 0 Å². The number of hydrogen-bond acceptors (Lipinski definition) is 7. The highest BCUT2D eigenvalue weighted by atomic mass is 35.5. The van der Waals surface area contributed by atoms with Crippen molar-refractivity contribution < 1.29 is 9.21 Å². The Bertz CT molecular complexity index is 1220. The van der Waals surface area contributed by atoms with Gasteiger partial charge in [-0.2, -0.15) is 0 Å². The molecule has 0 aliphatic rings. The molecule has 39 heavy (non-hydrogen) atoms. The van der Waals surface area contributed by atoms with Crippen molar-refractivity contribution in [3.63, 3.8) is 0 Å². The average molecular weight is 608 g/mol. The van der Waals surface area contributed by atoms with Crippen LogP contribution >= 0.6 is 46.9 Å². The maximum Gasteiger partial charge on any atom is 0.256 e. The van der Waals surface area contributed by atoms with Crippen LogP contribution in [-0.4, -0.2) is 33.1 Å². The van der Waals surface area contributed by atoms with Gasteiger partial charge in [-0.3, -0.25) is 4.79 Å². The van der Waals surface area contributed by atoms with Crippen LogP contribution in [-0.2, 0) is 4.79 Å². The van der Waals surface area contributed by atoms with Crippen molar-refractivity contribution in [2.75, 3.05) is 22.6 Å². The number of aryl methyl sites for hydroxylation is 2. The van der Waals surface area contributed by atoms with Crippen molar-refractivity contribution in [3.05, 3.63) is 34.0 Å². The van der Waals surface area contributed by atoms with Crippen molar-refractivity contribution in [1.82, 2.24) is 9.97 Å². The number of thioether (sulfide) groups is 3. The Balaban J connectivity index is 1.36. The minimum absolute atomic E-state index is 0.0865. The van der Waals surface area contributed by atoms with Gasteiger partial charge in [-0.25, -0.2) is 9.97 Å². The van der Waals surface area contributed by atoms with E-state index >= 15 is 0 Å². The maximum absolute atomic E-state index is 12.7. The Hall–Kier alpha value is -1.35. The zero-order valence-electron chi connectivity index (χ0n) is 24.1. The lowest BCUT2D eigenvalue weighted by atomic mass is 10.0. The molecule has 5 nitrogen and oxygen atoms in total. The van der Waals surface area contributed by atoms with E-state index in [0.29, 0.717) is 12.3 Å². The largest absolute Gasteiger partial charge is 0.431 e. The van der Waals surface area contributed by atoms with Crippen molar-refractivity contribution in [2.45, 2.75) is 108 Å². The van der Waals surface area contributed by atoms with E-state index in [2.05, 4.69) is 44.1 Å². The van der Waals surface area contributed by atoms with Crippen LogP contribution < -0.4 is 5.32 Å². The van der Waals surface area contributed by atoms with Crippen LogP contribution in [0.25, 0.3) is 11.1 Å². The normalized spacial score (nSPS) is 11.6. The topological polar surface area (TPSA) is 68.0 Å². The highest BCUT2D eigenvalue weighted by Crippen LogP contribution is 2.37. The van der Waals surface area contributed by atoms with Crippen molar-refractivity contribution >= 4 is 69.6 Å². The number of anilines is 1. The van der Waals surface area contributed by atoms with Gasteiger partial charge in [0.25, 0.3) is 5.22 Å². The molecule has 1 N–H and O–H groups in total. The fourth-order valence-electron chi connectivity index (χ4n) is 4.36. The molecule has 0 spiro atoms. The summed E-state index contributed by atoms with van der Waals surface area (Å²) in [5.74, 6) is 3.29. The molecule has 0 atom stereocenters. The Labute approximate surface area is 251 Å². The molecule has 0 unspecified atom stereocenters. The SMILES string of the molecule is CCSc1cc(C)nc(SCC)c1NC(=O)CCCCCCCCSc1nc2c(C)c(Cl)cc(C(C)C)c2o1. The van der Waals surface area contributed by atoms with E-state index in [9.17, 15) is 4.79 Å². The molecule has 0 saturated heterocycles. The van der Waals surface area contributed by atoms with Gasteiger partial charge < -0.3 is 9.73 Å². The number of fused-ring (bicyclic) bond motifs is 1. The summed E-state index contributed by atoms with van der Waals surface area (Å²) in [5.41, 5.74) is 5.74. The van der Waals surface area contributed by atoms with Crippen LogP contribution in [0.3, 0.4) is 0 Å². The van der Waals surface area contributed by atoms with E-state index in [-0.39, 0.29) is 5.91 Å². The number of aromatic nitrogens is 2. The average Bonchev–Trinajstić information content (AvgIpc) is 3.31. The molecule has 3 rings (SSSR count). The molecular formula is C30H42ClN3O2S3. The van der Waals surface area contributed by atoms with Gasteiger partial charge >= 0.3 is 0 Å². The first-order chi connectivity index (χ1) is 18.7. The predicted octanol–water partition coefficient (Wildman–Crippen LogP) is 10.3. The molecule has 0 fully saturated rings. The molecule has 0 radical (unpaired) electrons. The molecule has 0 aliphatic carbocycles. The molecule has 9 heteroatoms. The van der Waals surface area contributed by atoms with Gasteiger partial charge in [-0.15, -0.1) is 23.5 Å². The number of rotatable bonds is 16. The Morgan fingerprint density at radius 2 is 1.67 bits per heavy atom. The third-order valence-electron chi connectivity index (χ3n) is 6.43. The maximum atomic E-state index is 12.7. The molecule has 2 heterocycles. The molecule has 2 aromatic heterocycles. The number of amides is 1. The van der Waals surface area contributed by atoms with Crippen LogP contribution in [0.1, 0.15) is 95.4 Å². The summed E-state index contributed by atoms with van der Waals surface area (Å²) in [6.07, 6.45) is 7.16. The third-order valence-corrected chi connectivity index (χ3v) is 9.52. The summed E-state index contributed by atoms with van der Waals surface area (Å²) < 4.78 is 6.12. The lowest BCUT2D eigenvalue weighted by Crippen LogP contribution is -2.13. The second-order valence-corrected chi connectivity index (χ2v) is 14.0. The molecule has 3 aromatic rings. The van der Waals surface area contributed by atoms with Crippen molar-refractivity contribution in [3.8, 4) is 0 Å². The van der Waals surface area contributed by atoms with Crippen LogP contribution in [0.5, 0.6) is 0 Å². The molecular weight excluding hydrogens is 566 g/mol. The quantitative estimate of drug-likeness (QED) is 0.128. The van der Waals surface area contributed by atoms with Gasteiger partial charge in [0.15, 0.2) is 5.58 Å². The fraction of sp³-hybridized carbons (Fsp3) is 0.567. The van der Waals surface area contributed by atoms with Crippen molar-refractivity contribution in [2.24, 2.45) is 0 Å². The summed E-state index contributed by atoms with van der Waals surface area (Å²) in [6.45, 7) is 12.6. The number of nitrogens with zero attached hydrogens (tertiary/aromatic N) is 2. The number of carbonyl (C=O) groups is 1. The number of unbranched alkanes of at least 4 members (excludes halogenated alkanes) is 5. The number of nitrogens with one attached hydrogen (secondary N) is 1. The summed E-state index contributed by atoms with van der Waals surface area (Å²) in [6, 6.07) is 4.09. The third kappa shape index (κ3) is 9.34. The smallest absolute Gasteiger partial charge is 0.256 e. The standard InChI is InChI=1S/C30H42ClN3O2S3/c1-7-37-24-17-20(5)32-29(38-8-2)27(24)33-25(35)15-13-11-9-10-12-14-16-39-30-34-26-21(6)23(31)18-22(19(3)4)28(26)36-30/h17-19H,7-16H2,1-6H3,(H,33,35). The van der Waals surface area contributed by atoms with E-state index in [1.54, 1.807) is 35.3 Å². The number of hydrogen-bond donors (Lipinski definition) is 1. The highest BCUT2D eigenvalue weighted by Gasteiger charge is 2.18. The second-order valence-electron chi connectivity index (χ2n) is 9.96. The summed E-state index contributed by atoms with van der Waals surface area (Å²) >= 11 is 11.5. The number of halogens is 1. The van der Waals surface area contributed by atoms with E-state index in [1.165, 1.54) is 12.8 Å². The molecule has 0 saturated carbocycles. The first-order valence-electron chi connectivity index (χ1n) is 14.0. The Kier molecular flexibility index (Phi) is 13.3. The monoisotopic (exact) mass is 607 g/mol. The zero-order valence-corrected chi connectivity index (χ0v) is 27.3. The minimum atomic E-state index is 0.0865. The highest BCUT2D eigenvalue weighted by molar-refractivity contribution is 8.00. The molecule has 1 aromatic carbocycles. The van der Waals surface area contributed by atoms with Gasteiger partial charge in [0.1, 0.15) is 10.5 Å². The van der Waals surface area contributed by atoms with Crippen LogP contribution in [0.2, 0.25) is 5.02 Å². The molecule has 0 bridgehead atoms. The van der Waals surface area contributed by atoms with E-state index in [0.717, 1.165) is 96.7 Å².